The lowest BCUT2D eigenvalue weighted by molar-refractivity contribution is -0.128. The molecule has 2 nitrogen and oxygen atoms in total. The zero-order valence-corrected chi connectivity index (χ0v) is 5.36. The Morgan fingerprint density at radius 3 is 2.67 bits per heavy atom. The van der Waals surface area contributed by atoms with Crippen LogP contribution >= 0.6 is 0 Å². The predicted octanol–water partition coefficient (Wildman–Crippen LogP) is 0.835. The molecule has 0 amide bonds. The summed E-state index contributed by atoms with van der Waals surface area (Å²) < 4.78 is 26.4. The highest BCUT2D eigenvalue weighted by Crippen LogP contribution is 1.94. The van der Waals surface area contributed by atoms with Crippen LogP contribution in [-0.2, 0) is 4.74 Å². The summed E-state index contributed by atoms with van der Waals surface area (Å²) in [7, 11) is 1.77. The highest BCUT2D eigenvalue weighted by molar-refractivity contribution is 4.37. The summed E-state index contributed by atoms with van der Waals surface area (Å²) in [5.41, 5.74) is 0. The SMILES string of the molecule is CNCCCOC(F)F. The summed E-state index contributed by atoms with van der Waals surface area (Å²) in [6.07, 6.45) is 0.626. The average Bonchev–Trinajstić information content (AvgIpc) is 1.80. The molecule has 0 rings (SSSR count). The van der Waals surface area contributed by atoms with E-state index in [9.17, 15) is 8.78 Å². The molecule has 9 heavy (non-hydrogen) atoms. The van der Waals surface area contributed by atoms with E-state index in [-0.39, 0.29) is 6.61 Å². The molecule has 0 spiro atoms. The van der Waals surface area contributed by atoms with E-state index in [1.54, 1.807) is 7.05 Å². The minimum absolute atomic E-state index is 0.124. The van der Waals surface area contributed by atoms with Gasteiger partial charge in [-0.15, -0.1) is 0 Å². The maximum Gasteiger partial charge on any atom is 0.345 e. The molecular formula is C5H11F2NO. The first-order valence-electron chi connectivity index (χ1n) is 2.81. The Hall–Kier alpha value is -0.220. The Morgan fingerprint density at radius 2 is 2.22 bits per heavy atom. The Bertz CT molecular complexity index is 60.9. The summed E-state index contributed by atoms with van der Waals surface area (Å²) in [4.78, 5) is 0. The van der Waals surface area contributed by atoms with Crippen LogP contribution in [0, 0.1) is 0 Å². The third-order valence-electron chi connectivity index (χ3n) is 0.815. The third-order valence-corrected chi connectivity index (χ3v) is 0.815. The van der Waals surface area contributed by atoms with Crippen LogP contribution in [0.15, 0.2) is 0 Å². The summed E-state index contributed by atoms with van der Waals surface area (Å²) >= 11 is 0. The molecule has 0 saturated heterocycles. The molecule has 0 unspecified atom stereocenters. The van der Waals surface area contributed by atoms with E-state index in [4.69, 9.17) is 0 Å². The fourth-order valence-corrected chi connectivity index (χ4v) is 0.421. The lowest BCUT2D eigenvalue weighted by Gasteiger charge is -2.00. The van der Waals surface area contributed by atoms with Crippen molar-refractivity contribution in [3.63, 3.8) is 0 Å². The van der Waals surface area contributed by atoms with Gasteiger partial charge in [0.1, 0.15) is 0 Å². The summed E-state index contributed by atoms with van der Waals surface area (Å²) in [6.45, 7) is -1.78. The number of hydrogen-bond acceptors (Lipinski definition) is 2. The first kappa shape index (κ1) is 8.78. The van der Waals surface area contributed by atoms with Gasteiger partial charge in [0.25, 0.3) is 0 Å². The molecule has 0 aromatic carbocycles. The van der Waals surface area contributed by atoms with Crippen molar-refractivity contribution in [2.45, 2.75) is 13.0 Å². The summed E-state index contributed by atoms with van der Waals surface area (Å²) in [5.74, 6) is 0. The van der Waals surface area contributed by atoms with Gasteiger partial charge < -0.3 is 10.1 Å². The molecule has 0 aromatic heterocycles. The van der Waals surface area contributed by atoms with Gasteiger partial charge in [0.05, 0.1) is 6.61 Å². The van der Waals surface area contributed by atoms with Crippen molar-refractivity contribution in [2.75, 3.05) is 20.2 Å². The van der Waals surface area contributed by atoms with Crippen LogP contribution in [0.3, 0.4) is 0 Å². The molecule has 56 valence electrons. The van der Waals surface area contributed by atoms with Gasteiger partial charge in [0, 0.05) is 0 Å². The first-order chi connectivity index (χ1) is 4.27. The molecule has 1 N–H and O–H groups in total. The van der Waals surface area contributed by atoms with Crippen LogP contribution in [-0.4, -0.2) is 26.8 Å². The molecule has 4 heteroatoms. The predicted molar refractivity (Wildman–Crippen MR) is 30.5 cm³/mol. The Morgan fingerprint density at radius 1 is 1.56 bits per heavy atom. The van der Waals surface area contributed by atoms with Crippen LogP contribution in [0.4, 0.5) is 8.78 Å². The van der Waals surface area contributed by atoms with Crippen molar-refractivity contribution in [2.24, 2.45) is 0 Å². The van der Waals surface area contributed by atoms with Crippen molar-refractivity contribution < 1.29 is 13.5 Å². The zero-order valence-electron chi connectivity index (χ0n) is 5.36. The minimum atomic E-state index is -2.62. The Kier molecular flexibility index (Phi) is 5.76. The molecule has 0 saturated carbocycles. The van der Waals surface area contributed by atoms with Gasteiger partial charge in [-0.2, -0.15) is 8.78 Å². The van der Waals surface area contributed by atoms with E-state index in [0.717, 1.165) is 0 Å². The van der Waals surface area contributed by atoms with Crippen molar-refractivity contribution in [1.29, 1.82) is 0 Å². The minimum Gasteiger partial charge on any atom is -0.323 e. The van der Waals surface area contributed by atoms with Gasteiger partial charge in [-0.3, -0.25) is 0 Å². The third kappa shape index (κ3) is 7.78. The maximum absolute atomic E-state index is 11.2. The monoisotopic (exact) mass is 139 g/mol. The van der Waals surface area contributed by atoms with Crippen molar-refractivity contribution >= 4 is 0 Å². The lowest BCUT2D eigenvalue weighted by Crippen LogP contribution is -2.11. The molecule has 0 aliphatic heterocycles. The van der Waals surface area contributed by atoms with Gasteiger partial charge in [0.2, 0.25) is 0 Å². The zero-order chi connectivity index (χ0) is 7.11. The molecule has 0 fully saturated rings. The second kappa shape index (κ2) is 5.91. The van der Waals surface area contributed by atoms with Gasteiger partial charge in [-0.1, -0.05) is 0 Å². The van der Waals surface area contributed by atoms with Gasteiger partial charge >= 0.3 is 6.61 Å². The molecule has 0 atom stereocenters. The standard InChI is InChI=1S/C5H11F2NO/c1-8-3-2-4-9-5(6)7/h5,8H,2-4H2,1H3. The topological polar surface area (TPSA) is 21.3 Å². The Labute approximate surface area is 53.2 Å². The van der Waals surface area contributed by atoms with E-state index in [2.05, 4.69) is 10.1 Å². The molecule has 0 aliphatic carbocycles. The number of hydrogen-bond donors (Lipinski definition) is 1. The second-order valence-electron chi connectivity index (χ2n) is 1.59. The smallest absolute Gasteiger partial charge is 0.323 e. The largest absolute Gasteiger partial charge is 0.345 e. The molecule has 0 radical (unpaired) electrons. The normalized spacial score (nSPS) is 10.7. The van der Waals surface area contributed by atoms with E-state index in [0.29, 0.717) is 13.0 Å². The molecule has 0 bridgehead atoms. The number of nitrogens with one attached hydrogen (secondary N) is 1. The lowest BCUT2D eigenvalue weighted by atomic mass is 10.5. The molecule has 0 aliphatic rings. The van der Waals surface area contributed by atoms with E-state index in [1.807, 2.05) is 0 Å². The van der Waals surface area contributed by atoms with Gasteiger partial charge in [0.15, 0.2) is 0 Å². The van der Waals surface area contributed by atoms with E-state index >= 15 is 0 Å². The van der Waals surface area contributed by atoms with Gasteiger partial charge in [-0.25, -0.2) is 0 Å². The molecule has 0 aromatic rings. The maximum atomic E-state index is 11.2. The highest BCUT2D eigenvalue weighted by atomic mass is 19.3. The van der Waals surface area contributed by atoms with Crippen molar-refractivity contribution in [3.8, 4) is 0 Å². The van der Waals surface area contributed by atoms with Crippen LogP contribution in [0.2, 0.25) is 0 Å². The van der Waals surface area contributed by atoms with Crippen LogP contribution < -0.4 is 5.32 Å². The van der Waals surface area contributed by atoms with Crippen LogP contribution in [0.1, 0.15) is 6.42 Å². The number of ether oxygens (including phenoxy) is 1. The van der Waals surface area contributed by atoms with Crippen molar-refractivity contribution in [1.82, 2.24) is 5.32 Å². The number of rotatable bonds is 5. The average molecular weight is 139 g/mol. The summed E-state index contributed by atoms with van der Waals surface area (Å²) in [5, 5.41) is 2.82. The van der Waals surface area contributed by atoms with Crippen LogP contribution in [0.5, 0.6) is 0 Å². The fourth-order valence-electron chi connectivity index (χ4n) is 0.421. The van der Waals surface area contributed by atoms with Crippen LogP contribution in [0.25, 0.3) is 0 Å². The van der Waals surface area contributed by atoms with Gasteiger partial charge in [-0.05, 0) is 20.0 Å². The van der Waals surface area contributed by atoms with E-state index < -0.39 is 6.61 Å². The first-order valence-corrected chi connectivity index (χ1v) is 2.81. The molecule has 0 heterocycles. The fraction of sp³-hybridized carbons (Fsp3) is 1.00. The quantitative estimate of drug-likeness (QED) is 0.570. The van der Waals surface area contributed by atoms with E-state index in [1.165, 1.54) is 0 Å². The van der Waals surface area contributed by atoms with Crippen molar-refractivity contribution in [3.05, 3.63) is 0 Å². The summed E-state index contributed by atoms with van der Waals surface area (Å²) in [6, 6.07) is 0. The number of alkyl halides is 2. The highest BCUT2D eigenvalue weighted by Gasteiger charge is 1.98. The number of halogens is 2. The second-order valence-corrected chi connectivity index (χ2v) is 1.59. The molecular weight excluding hydrogens is 128 g/mol. The Balaban J connectivity index is 2.75.